The number of rotatable bonds is 7. The SMILES string of the molecule is O=C(Nc1cccc(C[N+](=O)[O-])c1)c1ccc(Br)c(S(=O)(=O)Nc2ccc(Cl)cc2)c1. The minimum atomic E-state index is -4.00. The van der Waals surface area contributed by atoms with Gasteiger partial charge in [-0.3, -0.25) is 19.6 Å². The lowest BCUT2D eigenvalue weighted by Crippen LogP contribution is -2.16. The van der Waals surface area contributed by atoms with E-state index in [1.807, 2.05) is 0 Å². The van der Waals surface area contributed by atoms with Crippen molar-refractivity contribution in [3.05, 3.63) is 97.5 Å². The molecule has 0 unspecified atom stereocenters. The molecule has 0 aromatic heterocycles. The molecule has 0 fully saturated rings. The van der Waals surface area contributed by atoms with Crippen LogP contribution < -0.4 is 10.0 Å². The number of hydrogen-bond acceptors (Lipinski definition) is 5. The highest BCUT2D eigenvalue weighted by atomic mass is 79.9. The molecule has 3 aromatic rings. The third-order valence-corrected chi connectivity index (χ3v) is 6.70. The minimum Gasteiger partial charge on any atom is -0.322 e. The Labute approximate surface area is 191 Å². The van der Waals surface area contributed by atoms with Gasteiger partial charge in [-0.1, -0.05) is 23.7 Å². The van der Waals surface area contributed by atoms with E-state index in [-0.39, 0.29) is 21.5 Å². The van der Waals surface area contributed by atoms with E-state index < -0.39 is 20.9 Å². The fourth-order valence-electron chi connectivity index (χ4n) is 2.68. The van der Waals surface area contributed by atoms with Gasteiger partial charge in [-0.25, -0.2) is 8.42 Å². The van der Waals surface area contributed by atoms with Gasteiger partial charge in [0.1, 0.15) is 4.90 Å². The Kier molecular flexibility index (Phi) is 6.94. The van der Waals surface area contributed by atoms with Gasteiger partial charge >= 0.3 is 0 Å². The number of halogens is 2. The number of sulfonamides is 1. The largest absolute Gasteiger partial charge is 0.322 e. The molecule has 160 valence electrons. The molecule has 0 saturated carbocycles. The van der Waals surface area contributed by atoms with Crippen molar-refractivity contribution >= 4 is 54.8 Å². The quantitative estimate of drug-likeness (QED) is 0.335. The first kappa shape index (κ1) is 22.7. The van der Waals surface area contributed by atoms with Gasteiger partial charge in [0.25, 0.3) is 15.9 Å². The van der Waals surface area contributed by atoms with Gasteiger partial charge in [0.15, 0.2) is 0 Å². The Morgan fingerprint density at radius 2 is 1.74 bits per heavy atom. The molecular weight excluding hydrogens is 510 g/mol. The molecule has 0 heterocycles. The minimum absolute atomic E-state index is 0.0966. The van der Waals surface area contributed by atoms with Gasteiger partial charge < -0.3 is 5.32 Å². The zero-order valence-electron chi connectivity index (χ0n) is 15.7. The fourth-order valence-corrected chi connectivity index (χ4v) is 4.85. The lowest BCUT2D eigenvalue weighted by Gasteiger charge is -2.12. The summed E-state index contributed by atoms with van der Waals surface area (Å²) in [7, 11) is -4.00. The Hall–Kier alpha value is -2.95. The number of nitrogens with one attached hydrogen (secondary N) is 2. The molecule has 0 spiro atoms. The summed E-state index contributed by atoms with van der Waals surface area (Å²) in [6.07, 6.45) is 0. The first-order valence-electron chi connectivity index (χ1n) is 8.74. The van der Waals surface area contributed by atoms with Crippen molar-refractivity contribution in [1.82, 2.24) is 0 Å². The van der Waals surface area contributed by atoms with Crippen LogP contribution in [-0.4, -0.2) is 19.2 Å². The smallest absolute Gasteiger partial charge is 0.263 e. The van der Waals surface area contributed by atoms with Crippen LogP contribution in [0.1, 0.15) is 15.9 Å². The molecule has 31 heavy (non-hydrogen) atoms. The average Bonchev–Trinajstić information content (AvgIpc) is 2.69. The van der Waals surface area contributed by atoms with Crippen molar-refractivity contribution in [2.75, 3.05) is 10.0 Å². The average molecular weight is 525 g/mol. The Balaban J connectivity index is 1.84. The fraction of sp³-hybridized carbons (Fsp3) is 0.0500. The van der Waals surface area contributed by atoms with Crippen LogP contribution in [0, 0.1) is 10.1 Å². The summed E-state index contributed by atoms with van der Waals surface area (Å²) in [6, 6.07) is 16.5. The number of anilines is 2. The van der Waals surface area contributed by atoms with E-state index in [1.165, 1.54) is 36.4 Å². The lowest BCUT2D eigenvalue weighted by molar-refractivity contribution is -0.496. The number of amides is 1. The van der Waals surface area contributed by atoms with E-state index in [9.17, 15) is 23.3 Å². The van der Waals surface area contributed by atoms with E-state index in [4.69, 9.17) is 11.6 Å². The summed E-state index contributed by atoms with van der Waals surface area (Å²) in [5.74, 6) is -0.561. The van der Waals surface area contributed by atoms with Crippen LogP contribution in [0.5, 0.6) is 0 Å². The Morgan fingerprint density at radius 1 is 1.03 bits per heavy atom. The van der Waals surface area contributed by atoms with E-state index in [2.05, 4.69) is 26.0 Å². The molecule has 0 aliphatic heterocycles. The number of hydrogen-bond donors (Lipinski definition) is 2. The maximum absolute atomic E-state index is 12.8. The summed E-state index contributed by atoms with van der Waals surface area (Å²) in [4.78, 5) is 22.7. The van der Waals surface area contributed by atoms with Crippen LogP contribution in [0.3, 0.4) is 0 Å². The van der Waals surface area contributed by atoms with Gasteiger partial charge in [-0.15, -0.1) is 0 Å². The van der Waals surface area contributed by atoms with E-state index in [0.717, 1.165) is 0 Å². The molecule has 2 N–H and O–H groups in total. The van der Waals surface area contributed by atoms with E-state index in [0.29, 0.717) is 22.0 Å². The van der Waals surface area contributed by atoms with Gasteiger partial charge in [0.2, 0.25) is 6.54 Å². The topological polar surface area (TPSA) is 118 Å². The molecule has 0 atom stereocenters. The second kappa shape index (κ2) is 9.46. The third-order valence-electron chi connectivity index (χ3n) is 4.08. The monoisotopic (exact) mass is 523 g/mol. The van der Waals surface area contributed by atoms with Crippen molar-refractivity contribution in [1.29, 1.82) is 0 Å². The molecule has 0 aliphatic rings. The summed E-state index contributed by atoms with van der Waals surface area (Å²) in [5.41, 5.74) is 1.19. The number of nitro groups is 1. The van der Waals surface area contributed by atoms with E-state index >= 15 is 0 Å². The van der Waals surface area contributed by atoms with E-state index in [1.54, 1.807) is 30.3 Å². The highest BCUT2D eigenvalue weighted by Gasteiger charge is 2.20. The van der Waals surface area contributed by atoms with Crippen LogP contribution in [0.4, 0.5) is 11.4 Å². The predicted octanol–water partition coefficient (Wildman–Crippen LogP) is 4.93. The molecule has 0 aliphatic carbocycles. The number of nitrogens with zero attached hydrogens (tertiary/aromatic N) is 1. The summed E-state index contributed by atoms with van der Waals surface area (Å²) < 4.78 is 28.3. The normalized spacial score (nSPS) is 11.0. The highest BCUT2D eigenvalue weighted by molar-refractivity contribution is 9.10. The first-order chi connectivity index (χ1) is 14.6. The highest BCUT2D eigenvalue weighted by Crippen LogP contribution is 2.26. The standard InChI is InChI=1S/C20H15BrClN3O5S/c21-18-9-4-14(20(26)23-17-3-1-2-13(10-17)12-25(27)28)11-19(18)31(29,30)24-16-7-5-15(22)6-8-16/h1-11,24H,12H2,(H,23,26). The number of carbonyl (C=O) groups excluding carboxylic acids is 1. The molecule has 0 bridgehead atoms. The van der Waals surface area contributed by atoms with Crippen LogP contribution >= 0.6 is 27.5 Å². The molecule has 1 amide bonds. The van der Waals surface area contributed by atoms with Gasteiger partial charge in [0, 0.05) is 36.9 Å². The van der Waals surface area contributed by atoms with Crippen molar-refractivity contribution in [3.8, 4) is 0 Å². The van der Waals surface area contributed by atoms with Crippen molar-refractivity contribution < 1.29 is 18.1 Å². The summed E-state index contributed by atoms with van der Waals surface area (Å²) in [5, 5.41) is 13.8. The van der Waals surface area contributed by atoms with Gasteiger partial charge in [-0.05, 0) is 70.5 Å². The lowest BCUT2D eigenvalue weighted by atomic mass is 10.1. The predicted molar refractivity (Wildman–Crippen MR) is 121 cm³/mol. The van der Waals surface area contributed by atoms with Crippen LogP contribution in [-0.2, 0) is 16.6 Å². The Bertz CT molecular complexity index is 1250. The molecule has 3 aromatic carbocycles. The zero-order chi connectivity index (χ0) is 22.6. The Morgan fingerprint density at radius 3 is 2.42 bits per heavy atom. The second-order valence-corrected chi connectivity index (χ2v) is 9.34. The zero-order valence-corrected chi connectivity index (χ0v) is 18.9. The summed E-state index contributed by atoms with van der Waals surface area (Å²) in [6.45, 7) is -0.374. The molecular formula is C20H15BrClN3O5S. The van der Waals surface area contributed by atoms with Gasteiger partial charge in [0.05, 0.1) is 0 Å². The maximum atomic E-state index is 12.8. The van der Waals surface area contributed by atoms with Crippen molar-refractivity contribution in [2.45, 2.75) is 11.4 Å². The van der Waals surface area contributed by atoms with Crippen LogP contribution in [0.2, 0.25) is 5.02 Å². The van der Waals surface area contributed by atoms with Crippen molar-refractivity contribution in [2.24, 2.45) is 0 Å². The van der Waals surface area contributed by atoms with Gasteiger partial charge in [-0.2, -0.15) is 0 Å². The van der Waals surface area contributed by atoms with Crippen molar-refractivity contribution in [3.63, 3.8) is 0 Å². The molecule has 8 nitrogen and oxygen atoms in total. The molecule has 3 rings (SSSR count). The first-order valence-corrected chi connectivity index (χ1v) is 11.4. The molecule has 0 saturated heterocycles. The van der Waals surface area contributed by atoms with Crippen LogP contribution in [0.25, 0.3) is 0 Å². The molecule has 11 heteroatoms. The maximum Gasteiger partial charge on any atom is 0.263 e. The number of benzene rings is 3. The van der Waals surface area contributed by atoms with Crippen LogP contribution in [0.15, 0.2) is 76.1 Å². The summed E-state index contributed by atoms with van der Waals surface area (Å²) >= 11 is 9.02. The third kappa shape index (κ3) is 6.03. The molecule has 0 radical (unpaired) electrons. The number of carbonyl (C=O) groups is 1. The second-order valence-electron chi connectivity index (χ2n) is 6.40.